The van der Waals surface area contributed by atoms with Gasteiger partial charge in [0.25, 0.3) is 0 Å². The van der Waals surface area contributed by atoms with E-state index in [1.807, 2.05) is 12.1 Å². The Bertz CT molecular complexity index is 364. The lowest BCUT2D eigenvalue weighted by atomic mass is 9.89. The summed E-state index contributed by atoms with van der Waals surface area (Å²) in [7, 11) is 0. The lowest BCUT2D eigenvalue weighted by Gasteiger charge is -2.38. The molecule has 1 heterocycles. The molecule has 0 aromatic heterocycles. The van der Waals surface area contributed by atoms with Crippen LogP contribution in [0.25, 0.3) is 0 Å². The number of ether oxygens (including phenoxy) is 1. The minimum Gasteiger partial charge on any atom is -0.383 e. The zero-order valence-electron chi connectivity index (χ0n) is 8.52. The first-order valence-electron chi connectivity index (χ1n) is 4.86. The average molecular weight is 335 g/mol. The standard InChI is InChI=1S/C11H13Br2NO/c1-11(6-15-7-11)5-14-10-3-2-8(12)4-9(10)13/h2-4,14H,5-7H2,1H3. The molecule has 2 rings (SSSR count). The van der Waals surface area contributed by atoms with Crippen molar-refractivity contribution in [1.82, 2.24) is 0 Å². The third kappa shape index (κ3) is 2.74. The van der Waals surface area contributed by atoms with Gasteiger partial charge in [0.1, 0.15) is 0 Å². The first-order valence-corrected chi connectivity index (χ1v) is 6.44. The maximum atomic E-state index is 5.22. The van der Waals surface area contributed by atoms with Crippen molar-refractivity contribution in [2.75, 3.05) is 25.1 Å². The maximum absolute atomic E-state index is 5.22. The summed E-state index contributed by atoms with van der Waals surface area (Å²) < 4.78 is 7.38. The predicted molar refractivity (Wildman–Crippen MR) is 69.3 cm³/mol. The molecule has 0 unspecified atom stereocenters. The Hall–Kier alpha value is -0.0600. The van der Waals surface area contributed by atoms with Gasteiger partial charge in [-0.25, -0.2) is 0 Å². The molecule has 0 radical (unpaired) electrons. The zero-order chi connectivity index (χ0) is 10.9. The molecule has 82 valence electrons. The third-order valence-corrected chi connectivity index (χ3v) is 3.69. The van der Waals surface area contributed by atoms with E-state index < -0.39 is 0 Å². The van der Waals surface area contributed by atoms with Gasteiger partial charge in [0.2, 0.25) is 0 Å². The van der Waals surface area contributed by atoms with Gasteiger partial charge in [-0.1, -0.05) is 22.9 Å². The van der Waals surface area contributed by atoms with E-state index in [0.717, 1.165) is 34.4 Å². The second-order valence-corrected chi connectivity index (χ2v) is 6.05. The van der Waals surface area contributed by atoms with Crippen molar-refractivity contribution in [3.05, 3.63) is 27.1 Å². The molecule has 0 atom stereocenters. The minimum absolute atomic E-state index is 0.298. The van der Waals surface area contributed by atoms with E-state index in [2.05, 4.69) is 50.2 Å². The Labute approximate surface area is 107 Å². The molecule has 0 saturated carbocycles. The number of rotatable bonds is 3. The van der Waals surface area contributed by atoms with Crippen LogP contribution < -0.4 is 5.32 Å². The highest BCUT2D eigenvalue weighted by Crippen LogP contribution is 2.30. The van der Waals surface area contributed by atoms with E-state index in [9.17, 15) is 0 Å². The fourth-order valence-electron chi connectivity index (χ4n) is 1.49. The summed E-state index contributed by atoms with van der Waals surface area (Å²) in [5.41, 5.74) is 1.43. The van der Waals surface area contributed by atoms with Gasteiger partial charge in [0, 0.05) is 26.6 Å². The van der Waals surface area contributed by atoms with Gasteiger partial charge < -0.3 is 10.1 Å². The number of benzene rings is 1. The van der Waals surface area contributed by atoms with E-state index in [0.29, 0.717) is 5.41 Å². The molecule has 1 N–H and O–H groups in total. The van der Waals surface area contributed by atoms with Crippen LogP contribution in [0.1, 0.15) is 6.92 Å². The van der Waals surface area contributed by atoms with Gasteiger partial charge in [0.05, 0.1) is 13.2 Å². The summed E-state index contributed by atoms with van der Waals surface area (Å²) in [6, 6.07) is 6.14. The van der Waals surface area contributed by atoms with Gasteiger partial charge in [-0.2, -0.15) is 0 Å². The SMILES string of the molecule is CC1(CNc2ccc(Br)cc2Br)COC1. The highest BCUT2D eigenvalue weighted by molar-refractivity contribution is 9.11. The lowest BCUT2D eigenvalue weighted by Crippen LogP contribution is -2.45. The molecule has 4 heteroatoms. The van der Waals surface area contributed by atoms with Crippen LogP contribution >= 0.6 is 31.9 Å². The number of nitrogens with one attached hydrogen (secondary N) is 1. The van der Waals surface area contributed by atoms with Crippen molar-refractivity contribution < 1.29 is 4.74 Å². The first-order chi connectivity index (χ1) is 7.09. The van der Waals surface area contributed by atoms with Crippen molar-refractivity contribution in [3.8, 4) is 0 Å². The number of anilines is 1. The molecule has 1 aliphatic rings. The molecule has 0 aliphatic carbocycles. The molecule has 0 bridgehead atoms. The Kier molecular flexibility index (Phi) is 3.38. The normalized spacial score (nSPS) is 18.3. The highest BCUT2D eigenvalue weighted by Gasteiger charge is 2.32. The molecule has 1 aromatic rings. The maximum Gasteiger partial charge on any atom is 0.0559 e. The van der Waals surface area contributed by atoms with Crippen molar-refractivity contribution >= 4 is 37.5 Å². The van der Waals surface area contributed by atoms with E-state index in [1.54, 1.807) is 0 Å². The van der Waals surface area contributed by atoms with E-state index in [-0.39, 0.29) is 0 Å². The third-order valence-electron chi connectivity index (χ3n) is 2.54. The fraction of sp³-hybridized carbons (Fsp3) is 0.455. The summed E-state index contributed by atoms with van der Waals surface area (Å²) >= 11 is 6.96. The Morgan fingerprint density at radius 2 is 2.13 bits per heavy atom. The van der Waals surface area contributed by atoms with Crippen molar-refractivity contribution in [1.29, 1.82) is 0 Å². The highest BCUT2D eigenvalue weighted by atomic mass is 79.9. The molecular formula is C11H13Br2NO. The van der Waals surface area contributed by atoms with Crippen LogP contribution in [-0.4, -0.2) is 19.8 Å². The van der Waals surface area contributed by atoms with Crippen LogP contribution in [0.2, 0.25) is 0 Å². The van der Waals surface area contributed by atoms with Crippen molar-refractivity contribution in [2.24, 2.45) is 5.41 Å². The van der Waals surface area contributed by atoms with Crippen LogP contribution in [0, 0.1) is 5.41 Å². The molecule has 1 saturated heterocycles. The number of halogens is 2. The first kappa shape index (κ1) is 11.4. The Morgan fingerprint density at radius 1 is 1.40 bits per heavy atom. The summed E-state index contributed by atoms with van der Waals surface area (Å²) in [5.74, 6) is 0. The monoisotopic (exact) mass is 333 g/mol. The molecule has 0 spiro atoms. The summed E-state index contributed by atoms with van der Waals surface area (Å²) in [6.07, 6.45) is 0. The Morgan fingerprint density at radius 3 is 2.67 bits per heavy atom. The van der Waals surface area contributed by atoms with Crippen molar-refractivity contribution in [3.63, 3.8) is 0 Å². The van der Waals surface area contributed by atoms with Crippen LogP contribution in [0.4, 0.5) is 5.69 Å². The minimum atomic E-state index is 0.298. The van der Waals surface area contributed by atoms with Crippen molar-refractivity contribution in [2.45, 2.75) is 6.92 Å². The molecule has 15 heavy (non-hydrogen) atoms. The van der Waals surface area contributed by atoms with Gasteiger partial charge >= 0.3 is 0 Å². The summed E-state index contributed by atoms with van der Waals surface area (Å²) in [4.78, 5) is 0. The van der Waals surface area contributed by atoms with Gasteiger partial charge in [-0.05, 0) is 34.1 Å². The Balaban J connectivity index is 1.98. The second-order valence-electron chi connectivity index (χ2n) is 4.28. The molecule has 2 nitrogen and oxygen atoms in total. The van der Waals surface area contributed by atoms with E-state index in [1.165, 1.54) is 0 Å². The topological polar surface area (TPSA) is 21.3 Å². The van der Waals surface area contributed by atoms with Gasteiger partial charge in [0.15, 0.2) is 0 Å². The van der Waals surface area contributed by atoms with Crippen LogP contribution in [0.5, 0.6) is 0 Å². The summed E-state index contributed by atoms with van der Waals surface area (Å²) in [6.45, 7) is 4.89. The molecular weight excluding hydrogens is 322 g/mol. The summed E-state index contributed by atoms with van der Waals surface area (Å²) in [5, 5.41) is 3.43. The number of hydrogen-bond donors (Lipinski definition) is 1. The van der Waals surface area contributed by atoms with E-state index >= 15 is 0 Å². The van der Waals surface area contributed by atoms with Crippen LogP contribution in [0.3, 0.4) is 0 Å². The lowest BCUT2D eigenvalue weighted by molar-refractivity contribution is -0.0924. The van der Waals surface area contributed by atoms with Gasteiger partial charge in [-0.3, -0.25) is 0 Å². The largest absolute Gasteiger partial charge is 0.383 e. The molecule has 1 aromatic carbocycles. The zero-order valence-corrected chi connectivity index (χ0v) is 11.7. The average Bonchev–Trinajstić information content (AvgIpc) is 2.14. The van der Waals surface area contributed by atoms with Gasteiger partial charge in [-0.15, -0.1) is 0 Å². The van der Waals surface area contributed by atoms with Crippen LogP contribution in [0.15, 0.2) is 27.1 Å². The molecule has 0 amide bonds. The second kappa shape index (κ2) is 4.44. The smallest absolute Gasteiger partial charge is 0.0559 e. The van der Waals surface area contributed by atoms with E-state index in [4.69, 9.17) is 4.74 Å². The molecule has 1 aliphatic heterocycles. The predicted octanol–water partition coefficient (Wildman–Crippen LogP) is 3.66. The molecule has 1 fully saturated rings. The number of hydrogen-bond acceptors (Lipinski definition) is 2. The van der Waals surface area contributed by atoms with Crippen LogP contribution in [-0.2, 0) is 4.74 Å². The fourth-order valence-corrected chi connectivity index (χ4v) is 2.68. The quantitative estimate of drug-likeness (QED) is 0.910.